The lowest BCUT2D eigenvalue weighted by atomic mass is 10.0. The molecule has 0 radical (unpaired) electrons. The van der Waals surface area contributed by atoms with Crippen LogP contribution >= 0.6 is 0 Å². The smallest absolute Gasteiger partial charge is 0.407 e. The zero-order valence-electron chi connectivity index (χ0n) is 32.4. The second kappa shape index (κ2) is 14.0. The molecule has 0 saturated carbocycles. The Kier molecular flexibility index (Phi) is 8.61. The zero-order chi connectivity index (χ0) is 39.7. The SMILES string of the molecule is C=C(C)C(NC(=O)OC)C(=O)N1CCCC1c1nc2ccc(C3=Nc4ccc(-c5ccc6nc(C7Cc8cccc9c8N7C(=O)CCC9)[nH]c6c5)cc4NC3)cc2[nH]1. The van der Waals surface area contributed by atoms with Gasteiger partial charge in [-0.2, -0.15) is 0 Å². The summed E-state index contributed by atoms with van der Waals surface area (Å²) in [5.74, 6) is 1.46. The number of alkyl carbamates (subject to hydrolysis) is 1. The summed E-state index contributed by atoms with van der Waals surface area (Å²) in [7, 11) is 1.27. The van der Waals surface area contributed by atoms with Gasteiger partial charge in [-0.15, -0.1) is 0 Å². The highest BCUT2D eigenvalue weighted by Gasteiger charge is 2.39. The molecular formula is C45H43N9O4. The molecule has 4 aliphatic rings. The number of ether oxygens (including phenoxy) is 1. The largest absolute Gasteiger partial charge is 0.453 e. The van der Waals surface area contributed by atoms with Gasteiger partial charge in [0.25, 0.3) is 0 Å². The van der Waals surface area contributed by atoms with Gasteiger partial charge in [-0.3, -0.25) is 9.59 Å². The van der Waals surface area contributed by atoms with E-state index in [0.717, 1.165) is 99.5 Å². The number of nitrogens with zero attached hydrogens (tertiary/aromatic N) is 5. The predicted molar refractivity (Wildman–Crippen MR) is 223 cm³/mol. The van der Waals surface area contributed by atoms with Crippen molar-refractivity contribution in [3.05, 3.63) is 113 Å². The molecule has 0 bridgehead atoms. The van der Waals surface area contributed by atoms with Crippen molar-refractivity contribution in [1.29, 1.82) is 0 Å². The number of carbonyl (C=O) groups is 3. The van der Waals surface area contributed by atoms with E-state index in [1.807, 2.05) is 29.2 Å². The minimum absolute atomic E-state index is 0.139. The molecule has 0 aliphatic carbocycles. The molecule has 6 aromatic rings. The van der Waals surface area contributed by atoms with Crippen molar-refractivity contribution in [3.63, 3.8) is 0 Å². The zero-order valence-corrected chi connectivity index (χ0v) is 32.4. The van der Waals surface area contributed by atoms with E-state index in [4.69, 9.17) is 19.7 Å². The Morgan fingerprint density at radius 3 is 2.36 bits per heavy atom. The van der Waals surface area contributed by atoms with E-state index in [1.165, 1.54) is 18.2 Å². The number of aliphatic imine (C=N–C) groups is 1. The van der Waals surface area contributed by atoms with Crippen LogP contribution in [0.25, 0.3) is 33.2 Å². The van der Waals surface area contributed by atoms with Crippen LogP contribution < -0.4 is 15.5 Å². The quantitative estimate of drug-likeness (QED) is 0.122. The molecule has 0 spiro atoms. The number of hydrogen-bond donors (Lipinski definition) is 4. The predicted octanol–water partition coefficient (Wildman–Crippen LogP) is 7.58. The molecule has 6 heterocycles. The molecule has 58 heavy (non-hydrogen) atoms. The first-order chi connectivity index (χ1) is 28.2. The number of H-pyrrole nitrogens is 2. The standard InChI is InChI=1S/C45H43N9O4/c1-24(2)40(52-45(57)58-3)44(56)53-18-6-10-37(53)42-48-32-17-14-28(21-35(32)50-42)36-23-46-33-19-26(12-15-30(33)47-36)27-13-16-31-34(20-27)51-43(49-31)38-22-29-9-4-7-25-8-5-11-39(55)54(38)41(25)29/h4,7,9,12-17,19-21,37-38,40,46H,1,5-6,8,10-11,18,22-23H2,2-3H3,(H,48,50)(H,49,51)(H,52,57). The fourth-order valence-electron chi connectivity index (χ4n) is 9.12. The topological polar surface area (TPSA) is 161 Å². The lowest BCUT2D eigenvalue weighted by Gasteiger charge is -2.28. The van der Waals surface area contributed by atoms with Gasteiger partial charge in [0, 0.05) is 24.9 Å². The van der Waals surface area contributed by atoms with Crippen molar-refractivity contribution in [2.45, 2.75) is 63.6 Å². The summed E-state index contributed by atoms with van der Waals surface area (Å²) in [4.78, 5) is 64.6. The number of para-hydroxylation sites is 1. The number of hydrogen-bond acceptors (Lipinski definition) is 8. The first-order valence-electron chi connectivity index (χ1n) is 19.9. The van der Waals surface area contributed by atoms with Crippen LogP contribution in [0.4, 0.5) is 21.9 Å². The highest BCUT2D eigenvalue weighted by Crippen LogP contribution is 2.45. The maximum absolute atomic E-state index is 13.6. The van der Waals surface area contributed by atoms with Crippen molar-refractivity contribution in [3.8, 4) is 11.1 Å². The molecule has 4 N–H and O–H groups in total. The van der Waals surface area contributed by atoms with Gasteiger partial charge in [-0.1, -0.05) is 43.0 Å². The summed E-state index contributed by atoms with van der Waals surface area (Å²) in [6.07, 6.45) is 4.00. The van der Waals surface area contributed by atoms with Crippen molar-refractivity contribution in [2.75, 3.05) is 30.4 Å². The molecule has 1 fully saturated rings. The van der Waals surface area contributed by atoms with Crippen LogP contribution in [0.3, 0.4) is 0 Å². The van der Waals surface area contributed by atoms with E-state index in [2.05, 4.69) is 75.7 Å². The molecule has 3 unspecified atom stereocenters. The number of methoxy groups -OCH3 is 1. The number of carbonyl (C=O) groups excluding carboxylic acids is 3. The van der Waals surface area contributed by atoms with E-state index in [0.29, 0.717) is 30.9 Å². The number of rotatable bonds is 7. The summed E-state index contributed by atoms with van der Waals surface area (Å²) < 4.78 is 4.74. The molecular weight excluding hydrogens is 731 g/mol. The Morgan fingerprint density at radius 2 is 1.59 bits per heavy atom. The summed E-state index contributed by atoms with van der Waals surface area (Å²) in [5.41, 5.74) is 13.4. The van der Waals surface area contributed by atoms with Gasteiger partial charge in [0.2, 0.25) is 11.8 Å². The van der Waals surface area contributed by atoms with E-state index in [1.54, 1.807) is 11.8 Å². The normalized spacial score (nSPS) is 19.0. The molecule has 2 aromatic heterocycles. The number of fused-ring (bicyclic) bond motifs is 3. The first kappa shape index (κ1) is 35.6. The maximum atomic E-state index is 13.6. The molecule has 13 heteroatoms. The Morgan fingerprint density at radius 1 is 0.879 bits per heavy atom. The van der Waals surface area contributed by atoms with Crippen molar-refractivity contribution < 1.29 is 19.1 Å². The number of aromatic amines is 2. The van der Waals surface area contributed by atoms with Crippen LogP contribution in [0.2, 0.25) is 0 Å². The Balaban J connectivity index is 0.874. The molecule has 13 nitrogen and oxygen atoms in total. The summed E-state index contributed by atoms with van der Waals surface area (Å²) in [5, 5.41) is 6.20. The fourth-order valence-corrected chi connectivity index (χ4v) is 9.12. The van der Waals surface area contributed by atoms with E-state index in [9.17, 15) is 14.4 Å². The highest BCUT2D eigenvalue weighted by atomic mass is 16.5. The number of aromatic nitrogens is 4. The van der Waals surface area contributed by atoms with E-state index < -0.39 is 12.1 Å². The maximum Gasteiger partial charge on any atom is 0.407 e. The summed E-state index contributed by atoms with van der Waals surface area (Å²) in [6.45, 7) is 6.74. The van der Waals surface area contributed by atoms with Gasteiger partial charge < -0.3 is 35.1 Å². The first-order valence-corrected chi connectivity index (χ1v) is 19.9. The van der Waals surface area contributed by atoms with Gasteiger partial charge >= 0.3 is 6.09 Å². The minimum atomic E-state index is -0.883. The second-order valence-corrected chi connectivity index (χ2v) is 15.7. The summed E-state index contributed by atoms with van der Waals surface area (Å²) >= 11 is 0. The van der Waals surface area contributed by atoms with Crippen LogP contribution in [0.1, 0.15) is 73.0 Å². The fraction of sp³-hybridized carbons (Fsp3) is 0.289. The Bertz CT molecular complexity index is 2730. The second-order valence-electron chi connectivity index (χ2n) is 15.7. The average molecular weight is 774 g/mol. The molecule has 4 aliphatic heterocycles. The van der Waals surface area contributed by atoms with Crippen LogP contribution in [-0.2, 0) is 27.2 Å². The number of anilines is 2. The summed E-state index contributed by atoms with van der Waals surface area (Å²) in [6, 6.07) is 23.7. The van der Waals surface area contributed by atoms with Gasteiger partial charge in [0.15, 0.2) is 0 Å². The number of imidazole rings is 2. The van der Waals surface area contributed by atoms with Gasteiger partial charge in [0.1, 0.15) is 17.7 Å². The Labute approximate surface area is 334 Å². The lowest BCUT2D eigenvalue weighted by Crippen LogP contribution is -2.49. The van der Waals surface area contributed by atoms with E-state index >= 15 is 0 Å². The van der Waals surface area contributed by atoms with Crippen LogP contribution in [0.15, 0.2) is 89.9 Å². The van der Waals surface area contributed by atoms with Crippen LogP contribution in [0.5, 0.6) is 0 Å². The number of likely N-dealkylation sites (tertiary alicyclic amines) is 1. The van der Waals surface area contributed by atoms with Gasteiger partial charge in [-0.05, 0) is 96.8 Å². The van der Waals surface area contributed by atoms with E-state index in [-0.39, 0.29) is 23.9 Å². The molecule has 3 amide bonds. The molecule has 3 atom stereocenters. The number of benzene rings is 4. The third-order valence-electron chi connectivity index (χ3n) is 12.0. The van der Waals surface area contributed by atoms with Crippen molar-refractivity contribution >= 4 is 62.7 Å². The number of nitrogens with one attached hydrogen (secondary N) is 4. The van der Waals surface area contributed by atoms with Crippen molar-refractivity contribution in [2.24, 2.45) is 4.99 Å². The molecule has 4 aromatic carbocycles. The lowest BCUT2D eigenvalue weighted by molar-refractivity contribution is -0.133. The number of amides is 3. The average Bonchev–Trinajstić information content (AvgIpc) is 4.04. The molecule has 10 rings (SSSR count). The molecule has 1 saturated heterocycles. The van der Waals surface area contributed by atoms with Crippen LogP contribution in [0, 0.1) is 0 Å². The monoisotopic (exact) mass is 773 g/mol. The van der Waals surface area contributed by atoms with Crippen LogP contribution in [-0.4, -0.2) is 74.7 Å². The number of aryl methyl sites for hydroxylation is 1. The molecule has 292 valence electrons. The minimum Gasteiger partial charge on any atom is -0.453 e. The van der Waals surface area contributed by atoms with Crippen molar-refractivity contribution in [1.82, 2.24) is 30.2 Å². The third kappa shape index (κ3) is 6.08. The Hall–Kier alpha value is -6.76. The van der Waals surface area contributed by atoms with Gasteiger partial charge in [0.05, 0.1) is 70.6 Å². The van der Waals surface area contributed by atoms with Gasteiger partial charge in [-0.25, -0.2) is 19.8 Å². The highest BCUT2D eigenvalue weighted by molar-refractivity contribution is 6.09. The third-order valence-corrected chi connectivity index (χ3v) is 12.0.